The van der Waals surface area contributed by atoms with Gasteiger partial charge < -0.3 is 14.6 Å². The fourth-order valence-corrected chi connectivity index (χ4v) is 1.84. The Hall–Kier alpha value is -1.17. The maximum Gasteiger partial charge on any atom is 0.123 e. The summed E-state index contributed by atoms with van der Waals surface area (Å²) in [6, 6.07) is 4.00. The number of hydrogen-bond acceptors (Lipinski definition) is 4. The van der Waals surface area contributed by atoms with Gasteiger partial charge in [0.1, 0.15) is 11.6 Å². The Morgan fingerprint density at radius 1 is 1.16 bits per heavy atom. The molecule has 1 N–H and O–H groups in total. The molecule has 1 rings (SSSR count). The Bertz CT molecular complexity index is 374. The summed E-state index contributed by atoms with van der Waals surface area (Å²) in [5.41, 5.74) is 0.591. The Balaban J connectivity index is 2.61. The molecule has 0 amide bonds. The fourth-order valence-electron chi connectivity index (χ4n) is 1.84. The molecular weight excluding hydrogens is 249 g/mol. The van der Waals surface area contributed by atoms with E-state index in [1.54, 1.807) is 14.2 Å². The predicted octanol–water partition coefficient (Wildman–Crippen LogP) is 2.02. The van der Waals surface area contributed by atoms with Crippen molar-refractivity contribution in [3.8, 4) is 5.75 Å². The SMILES string of the molecule is COCCCN(CCOC)Cc1cc(F)ccc1O. The van der Waals surface area contributed by atoms with Crippen LogP contribution in [0.25, 0.3) is 0 Å². The first-order valence-electron chi connectivity index (χ1n) is 6.35. The molecule has 0 aliphatic rings. The van der Waals surface area contributed by atoms with E-state index in [0.29, 0.717) is 25.3 Å². The summed E-state index contributed by atoms with van der Waals surface area (Å²) in [6.07, 6.45) is 0.885. The third kappa shape index (κ3) is 6.00. The highest BCUT2D eigenvalue weighted by Gasteiger charge is 2.10. The second-order valence-corrected chi connectivity index (χ2v) is 4.39. The highest BCUT2D eigenvalue weighted by atomic mass is 19.1. The summed E-state index contributed by atoms with van der Waals surface area (Å²) >= 11 is 0. The average molecular weight is 271 g/mol. The Labute approximate surface area is 113 Å². The van der Waals surface area contributed by atoms with Crippen molar-refractivity contribution >= 4 is 0 Å². The van der Waals surface area contributed by atoms with Gasteiger partial charge >= 0.3 is 0 Å². The van der Waals surface area contributed by atoms with Crippen LogP contribution in [0.1, 0.15) is 12.0 Å². The van der Waals surface area contributed by atoms with Gasteiger partial charge in [-0.05, 0) is 24.6 Å². The Morgan fingerprint density at radius 3 is 2.58 bits per heavy atom. The van der Waals surface area contributed by atoms with Crippen LogP contribution in [0.2, 0.25) is 0 Å². The molecule has 0 aliphatic heterocycles. The van der Waals surface area contributed by atoms with Crippen LogP contribution < -0.4 is 0 Å². The van der Waals surface area contributed by atoms with Crippen LogP contribution in [-0.4, -0.2) is 50.5 Å². The molecular formula is C14H22FNO3. The van der Waals surface area contributed by atoms with Gasteiger partial charge in [-0.15, -0.1) is 0 Å². The lowest BCUT2D eigenvalue weighted by molar-refractivity contribution is 0.128. The minimum absolute atomic E-state index is 0.121. The van der Waals surface area contributed by atoms with Gasteiger partial charge in [-0.25, -0.2) is 4.39 Å². The second-order valence-electron chi connectivity index (χ2n) is 4.39. The average Bonchev–Trinajstić information content (AvgIpc) is 2.40. The molecule has 0 fully saturated rings. The molecule has 19 heavy (non-hydrogen) atoms. The molecule has 0 bridgehead atoms. The largest absolute Gasteiger partial charge is 0.508 e. The number of rotatable bonds is 9. The molecule has 108 valence electrons. The quantitative estimate of drug-likeness (QED) is 0.698. The van der Waals surface area contributed by atoms with E-state index in [2.05, 4.69) is 4.90 Å². The lowest BCUT2D eigenvalue weighted by Crippen LogP contribution is -2.28. The lowest BCUT2D eigenvalue weighted by atomic mass is 10.1. The van der Waals surface area contributed by atoms with Crippen LogP contribution >= 0.6 is 0 Å². The Morgan fingerprint density at radius 2 is 1.89 bits per heavy atom. The lowest BCUT2D eigenvalue weighted by Gasteiger charge is -2.22. The third-order valence-corrected chi connectivity index (χ3v) is 2.87. The number of halogens is 1. The summed E-state index contributed by atoms with van der Waals surface area (Å²) < 4.78 is 23.3. The minimum atomic E-state index is -0.337. The summed E-state index contributed by atoms with van der Waals surface area (Å²) in [5, 5.41) is 9.73. The Kier molecular flexibility index (Phi) is 7.40. The van der Waals surface area contributed by atoms with Crippen LogP contribution in [-0.2, 0) is 16.0 Å². The van der Waals surface area contributed by atoms with Crippen LogP contribution in [0.15, 0.2) is 18.2 Å². The van der Waals surface area contributed by atoms with E-state index in [4.69, 9.17) is 9.47 Å². The molecule has 0 aliphatic carbocycles. The first kappa shape index (κ1) is 15.9. The van der Waals surface area contributed by atoms with Gasteiger partial charge in [0.15, 0.2) is 0 Å². The number of phenols is 1. The molecule has 0 atom stereocenters. The summed E-state index contributed by atoms with van der Waals surface area (Å²) in [5.74, 6) is -0.216. The van der Waals surface area contributed by atoms with Crippen molar-refractivity contribution < 1.29 is 19.0 Å². The third-order valence-electron chi connectivity index (χ3n) is 2.87. The molecule has 0 spiro atoms. The highest BCUT2D eigenvalue weighted by molar-refractivity contribution is 5.32. The molecule has 0 saturated heterocycles. The fraction of sp³-hybridized carbons (Fsp3) is 0.571. The topological polar surface area (TPSA) is 41.9 Å². The maximum atomic E-state index is 13.2. The van der Waals surface area contributed by atoms with Crippen molar-refractivity contribution in [2.24, 2.45) is 0 Å². The predicted molar refractivity (Wildman–Crippen MR) is 71.7 cm³/mol. The van der Waals surface area contributed by atoms with Gasteiger partial charge in [0, 0.05) is 46.0 Å². The monoisotopic (exact) mass is 271 g/mol. The number of phenolic OH excluding ortho intramolecular Hbond substituents is 1. The van der Waals surface area contributed by atoms with Crippen molar-refractivity contribution in [2.45, 2.75) is 13.0 Å². The summed E-state index contributed by atoms with van der Waals surface area (Å²) in [6.45, 7) is 3.32. The van der Waals surface area contributed by atoms with Crippen molar-refractivity contribution in [3.63, 3.8) is 0 Å². The van der Waals surface area contributed by atoms with E-state index in [-0.39, 0.29) is 11.6 Å². The number of methoxy groups -OCH3 is 2. The van der Waals surface area contributed by atoms with E-state index in [1.807, 2.05) is 0 Å². The second kappa shape index (κ2) is 8.85. The van der Waals surface area contributed by atoms with Gasteiger partial charge in [0.2, 0.25) is 0 Å². The molecule has 1 aromatic carbocycles. The van der Waals surface area contributed by atoms with Crippen LogP contribution in [0, 0.1) is 5.82 Å². The van der Waals surface area contributed by atoms with Gasteiger partial charge in [-0.1, -0.05) is 0 Å². The summed E-state index contributed by atoms with van der Waals surface area (Å²) in [4.78, 5) is 2.11. The minimum Gasteiger partial charge on any atom is -0.508 e. The molecule has 0 aromatic heterocycles. The van der Waals surface area contributed by atoms with Crippen LogP contribution in [0.4, 0.5) is 4.39 Å². The highest BCUT2D eigenvalue weighted by Crippen LogP contribution is 2.19. The zero-order valence-corrected chi connectivity index (χ0v) is 11.6. The van der Waals surface area contributed by atoms with Crippen LogP contribution in [0.5, 0.6) is 5.75 Å². The number of benzene rings is 1. The first-order chi connectivity index (χ1) is 9.17. The zero-order chi connectivity index (χ0) is 14.1. The molecule has 0 heterocycles. The van der Waals surface area contributed by atoms with E-state index in [0.717, 1.165) is 19.5 Å². The zero-order valence-electron chi connectivity index (χ0n) is 11.6. The van der Waals surface area contributed by atoms with Crippen molar-refractivity contribution in [1.29, 1.82) is 0 Å². The van der Waals surface area contributed by atoms with E-state index in [9.17, 15) is 9.50 Å². The van der Waals surface area contributed by atoms with Gasteiger partial charge in [-0.3, -0.25) is 4.90 Å². The standard InChI is InChI=1S/C14H22FNO3/c1-18-8-3-6-16(7-9-19-2)11-12-10-13(15)4-5-14(12)17/h4-5,10,17H,3,6-9,11H2,1-2H3. The molecule has 0 saturated carbocycles. The van der Waals surface area contributed by atoms with Gasteiger partial charge in [0.25, 0.3) is 0 Å². The van der Waals surface area contributed by atoms with E-state index in [1.165, 1.54) is 18.2 Å². The van der Waals surface area contributed by atoms with Crippen LogP contribution in [0.3, 0.4) is 0 Å². The van der Waals surface area contributed by atoms with E-state index < -0.39 is 0 Å². The first-order valence-corrected chi connectivity index (χ1v) is 6.35. The molecule has 4 nitrogen and oxygen atoms in total. The summed E-state index contributed by atoms with van der Waals surface area (Å²) in [7, 11) is 3.31. The molecule has 0 radical (unpaired) electrons. The molecule has 1 aromatic rings. The van der Waals surface area contributed by atoms with E-state index >= 15 is 0 Å². The van der Waals surface area contributed by atoms with Crippen molar-refractivity contribution in [3.05, 3.63) is 29.6 Å². The van der Waals surface area contributed by atoms with Gasteiger partial charge in [-0.2, -0.15) is 0 Å². The maximum absolute atomic E-state index is 13.2. The smallest absolute Gasteiger partial charge is 0.123 e. The number of hydrogen-bond donors (Lipinski definition) is 1. The molecule has 0 unspecified atom stereocenters. The number of aromatic hydroxyl groups is 1. The van der Waals surface area contributed by atoms with Crippen molar-refractivity contribution in [1.82, 2.24) is 4.90 Å². The molecule has 5 heteroatoms. The number of ether oxygens (including phenoxy) is 2. The normalized spacial score (nSPS) is 11.2. The van der Waals surface area contributed by atoms with Gasteiger partial charge in [0.05, 0.1) is 6.61 Å². The van der Waals surface area contributed by atoms with Crippen molar-refractivity contribution in [2.75, 3.05) is 40.5 Å². The number of nitrogens with zero attached hydrogens (tertiary/aromatic N) is 1.